The third-order valence-electron chi connectivity index (χ3n) is 3.21. The molecule has 116 valence electrons. The lowest BCUT2D eigenvalue weighted by atomic mass is 10.3. The first-order chi connectivity index (χ1) is 10.2. The summed E-state index contributed by atoms with van der Waals surface area (Å²) in [6.45, 7) is 4.08. The normalized spacial score (nSPS) is 12.7. The van der Waals surface area contributed by atoms with Gasteiger partial charge in [-0.25, -0.2) is 9.97 Å². The SMILES string of the molecule is Cc1ncsc1CCOCC(O)CNCc1nccn1C. The molecule has 0 aliphatic carbocycles. The number of rotatable bonds is 9. The number of nitrogens with one attached hydrogen (secondary N) is 1. The minimum absolute atomic E-state index is 0.339. The zero-order valence-corrected chi connectivity index (χ0v) is 13.3. The molecule has 21 heavy (non-hydrogen) atoms. The number of aliphatic hydroxyl groups is 1. The molecule has 1 atom stereocenters. The third-order valence-corrected chi connectivity index (χ3v) is 4.21. The Morgan fingerprint density at radius 3 is 3.00 bits per heavy atom. The van der Waals surface area contributed by atoms with Crippen LogP contribution in [0.1, 0.15) is 16.4 Å². The van der Waals surface area contributed by atoms with Crippen LogP contribution in [-0.4, -0.2) is 45.5 Å². The summed E-state index contributed by atoms with van der Waals surface area (Å²) < 4.78 is 7.45. The molecule has 2 rings (SSSR count). The van der Waals surface area contributed by atoms with Gasteiger partial charge in [0.1, 0.15) is 5.82 Å². The monoisotopic (exact) mass is 310 g/mol. The molecule has 0 saturated heterocycles. The van der Waals surface area contributed by atoms with Crippen molar-refractivity contribution in [3.8, 4) is 0 Å². The summed E-state index contributed by atoms with van der Waals surface area (Å²) in [5, 5.41) is 13.0. The van der Waals surface area contributed by atoms with Crippen molar-refractivity contribution >= 4 is 11.3 Å². The van der Waals surface area contributed by atoms with Gasteiger partial charge in [0.05, 0.1) is 37.1 Å². The van der Waals surface area contributed by atoms with Crippen molar-refractivity contribution in [2.75, 3.05) is 19.8 Å². The maximum atomic E-state index is 9.83. The number of ether oxygens (including phenoxy) is 1. The molecule has 0 spiro atoms. The molecular formula is C14H22N4O2S. The van der Waals surface area contributed by atoms with Crippen LogP contribution in [0.5, 0.6) is 0 Å². The van der Waals surface area contributed by atoms with Gasteiger partial charge in [0.2, 0.25) is 0 Å². The van der Waals surface area contributed by atoms with Crippen LogP contribution in [0.4, 0.5) is 0 Å². The second kappa shape index (κ2) is 8.23. The summed E-state index contributed by atoms with van der Waals surface area (Å²) in [6, 6.07) is 0. The van der Waals surface area contributed by atoms with E-state index in [1.807, 2.05) is 30.2 Å². The zero-order chi connectivity index (χ0) is 15.1. The molecule has 2 aromatic rings. The lowest BCUT2D eigenvalue weighted by Crippen LogP contribution is -2.31. The Hall–Kier alpha value is -1.28. The second-order valence-electron chi connectivity index (χ2n) is 4.92. The summed E-state index contributed by atoms with van der Waals surface area (Å²) >= 11 is 1.65. The summed E-state index contributed by atoms with van der Waals surface area (Å²) in [6.07, 6.45) is 4.01. The average molecular weight is 310 g/mol. The number of hydrogen-bond acceptors (Lipinski definition) is 6. The van der Waals surface area contributed by atoms with E-state index in [9.17, 15) is 5.11 Å². The van der Waals surface area contributed by atoms with Crippen LogP contribution < -0.4 is 5.32 Å². The molecule has 0 radical (unpaired) electrons. The van der Waals surface area contributed by atoms with E-state index < -0.39 is 6.10 Å². The van der Waals surface area contributed by atoms with E-state index in [1.54, 1.807) is 17.5 Å². The fourth-order valence-electron chi connectivity index (χ4n) is 1.93. The van der Waals surface area contributed by atoms with Gasteiger partial charge in [-0.3, -0.25) is 0 Å². The van der Waals surface area contributed by atoms with Crippen molar-refractivity contribution in [1.29, 1.82) is 0 Å². The van der Waals surface area contributed by atoms with Gasteiger partial charge in [0.25, 0.3) is 0 Å². The van der Waals surface area contributed by atoms with Gasteiger partial charge >= 0.3 is 0 Å². The number of aryl methyl sites for hydroxylation is 2. The smallest absolute Gasteiger partial charge is 0.122 e. The number of nitrogens with zero attached hydrogens (tertiary/aromatic N) is 3. The molecule has 6 nitrogen and oxygen atoms in total. The fraction of sp³-hybridized carbons (Fsp3) is 0.571. The van der Waals surface area contributed by atoms with Gasteiger partial charge in [-0.05, 0) is 6.92 Å². The maximum absolute atomic E-state index is 9.83. The third kappa shape index (κ3) is 5.20. The van der Waals surface area contributed by atoms with Crippen molar-refractivity contribution in [2.24, 2.45) is 7.05 Å². The van der Waals surface area contributed by atoms with E-state index in [0.29, 0.717) is 26.3 Å². The fourth-order valence-corrected chi connectivity index (χ4v) is 2.69. The molecule has 0 aromatic carbocycles. The van der Waals surface area contributed by atoms with E-state index >= 15 is 0 Å². The Morgan fingerprint density at radius 2 is 2.33 bits per heavy atom. The van der Waals surface area contributed by atoms with Crippen LogP contribution in [0, 0.1) is 6.92 Å². The largest absolute Gasteiger partial charge is 0.389 e. The van der Waals surface area contributed by atoms with Gasteiger partial charge < -0.3 is 19.7 Å². The highest BCUT2D eigenvalue weighted by atomic mass is 32.1. The minimum Gasteiger partial charge on any atom is -0.389 e. The molecule has 0 aliphatic heterocycles. The summed E-state index contributed by atoms with van der Waals surface area (Å²) in [4.78, 5) is 9.65. The highest BCUT2D eigenvalue weighted by Gasteiger charge is 2.06. The number of hydrogen-bond donors (Lipinski definition) is 2. The number of imidazole rings is 1. The first kappa shape index (κ1) is 16.1. The Labute approximate surface area is 128 Å². The molecule has 0 bridgehead atoms. The standard InChI is InChI=1S/C14H22N4O2S/c1-11-13(21-10-17-11)3-6-20-9-12(19)7-15-8-14-16-4-5-18(14)2/h4-5,10,12,15,19H,3,6-9H2,1-2H3. The van der Waals surface area contributed by atoms with Crippen molar-refractivity contribution < 1.29 is 9.84 Å². The summed E-state index contributed by atoms with van der Waals surface area (Å²) in [7, 11) is 1.95. The highest BCUT2D eigenvalue weighted by molar-refractivity contribution is 7.09. The van der Waals surface area contributed by atoms with E-state index in [0.717, 1.165) is 17.9 Å². The Balaban J connectivity index is 1.54. The molecule has 0 fully saturated rings. The highest BCUT2D eigenvalue weighted by Crippen LogP contribution is 2.12. The molecular weight excluding hydrogens is 288 g/mol. The zero-order valence-electron chi connectivity index (χ0n) is 12.5. The molecule has 0 aliphatic rings. The summed E-state index contributed by atoms with van der Waals surface area (Å²) in [5.41, 5.74) is 2.92. The number of thiazole rings is 1. The average Bonchev–Trinajstić information content (AvgIpc) is 3.04. The lowest BCUT2D eigenvalue weighted by Gasteiger charge is -2.12. The van der Waals surface area contributed by atoms with Gasteiger partial charge in [0, 0.05) is 37.3 Å². The molecule has 0 saturated carbocycles. The van der Waals surface area contributed by atoms with Gasteiger partial charge in [-0.1, -0.05) is 0 Å². The quantitative estimate of drug-likeness (QED) is 0.673. The Morgan fingerprint density at radius 1 is 1.48 bits per heavy atom. The molecule has 2 aromatic heterocycles. The molecule has 2 N–H and O–H groups in total. The second-order valence-corrected chi connectivity index (χ2v) is 5.86. The van der Waals surface area contributed by atoms with E-state index in [2.05, 4.69) is 15.3 Å². The van der Waals surface area contributed by atoms with Crippen molar-refractivity contribution in [3.63, 3.8) is 0 Å². The Kier molecular flexibility index (Phi) is 6.31. The molecule has 0 amide bonds. The lowest BCUT2D eigenvalue weighted by molar-refractivity contribution is 0.0382. The predicted molar refractivity (Wildman–Crippen MR) is 82.3 cm³/mol. The number of aliphatic hydroxyl groups excluding tert-OH is 1. The van der Waals surface area contributed by atoms with Gasteiger partial charge in [-0.2, -0.15) is 0 Å². The van der Waals surface area contributed by atoms with E-state index in [-0.39, 0.29) is 0 Å². The van der Waals surface area contributed by atoms with Crippen LogP contribution in [-0.2, 0) is 24.8 Å². The van der Waals surface area contributed by atoms with Crippen molar-refractivity contribution in [2.45, 2.75) is 26.0 Å². The van der Waals surface area contributed by atoms with E-state index in [4.69, 9.17) is 4.74 Å². The van der Waals surface area contributed by atoms with Crippen LogP contribution in [0.3, 0.4) is 0 Å². The van der Waals surface area contributed by atoms with E-state index in [1.165, 1.54) is 4.88 Å². The van der Waals surface area contributed by atoms with Crippen LogP contribution in [0.25, 0.3) is 0 Å². The Bertz CT molecular complexity index is 541. The van der Waals surface area contributed by atoms with Crippen LogP contribution >= 0.6 is 11.3 Å². The summed E-state index contributed by atoms with van der Waals surface area (Å²) in [5.74, 6) is 0.948. The first-order valence-electron chi connectivity index (χ1n) is 6.98. The maximum Gasteiger partial charge on any atom is 0.122 e. The minimum atomic E-state index is -0.507. The molecule has 7 heteroatoms. The van der Waals surface area contributed by atoms with Crippen LogP contribution in [0.2, 0.25) is 0 Å². The van der Waals surface area contributed by atoms with Crippen molar-refractivity contribution in [3.05, 3.63) is 34.3 Å². The van der Waals surface area contributed by atoms with Crippen molar-refractivity contribution in [1.82, 2.24) is 19.9 Å². The topological polar surface area (TPSA) is 72.2 Å². The van der Waals surface area contributed by atoms with Gasteiger partial charge in [0.15, 0.2) is 0 Å². The first-order valence-corrected chi connectivity index (χ1v) is 7.86. The van der Waals surface area contributed by atoms with Gasteiger partial charge in [-0.15, -0.1) is 11.3 Å². The number of aromatic nitrogens is 3. The van der Waals surface area contributed by atoms with Crippen LogP contribution in [0.15, 0.2) is 17.9 Å². The molecule has 2 heterocycles. The molecule has 1 unspecified atom stereocenters. The predicted octanol–water partition coefficient (Wildman–Crippen LogP) is 0.895.